The normalized spacial score (nSPS) is 10.9. The zero-order chi connectivity index (χ0) is 11.1. The summed E-state index contributed by atoms with van der Waals surface area (Å²) < 4.78 is 8.16. The molecular weight excluding hydrogens is 194 g/mol. The topological polar surface area (TPSA) is 95.7 Å². The van der Waals surface area contributed by atoms with Gasteiger partial charge in [-0.15, -0.1) is 0 Å². The maximum absolute atomic E-state index is 10.9. The standard InChI is InChI=1S/C7H7NO6/c1-3-13-6(9)5(8(11)12)7(10)14-4-2/h1,5H,4H2,2H3. The first-order valence-corrected chi connectivity index (χ1v) is 3.51. The first-order valence-electron chi connectivity index (χ1n) is 3.51. The number of nitrogens with zero attached hydrogens (tertiary/aromatic N) is 1. The molecule has 14 heavy (non-hydrogen) atoms. The van der Waals surface area contributed by atoms with Crippen molar-refractivity contribution in [2.24, 2.45) is 0 Å². The van der Waals surface area contributed by atoms with E-state index < -0.39 is 22.9 Å². The first kappa shape index (κ1) is 11.9. The highest BCUT2D eigenvalue weighted by atomic mass is 16.6. The van der Waals surface area contributed by atoms with E-state index in [1.165, 1.54) is 13.0 Å². The van der Waals surface area contributed by atoms with Crippen molar-refractivity contribution in [1.29, 1.82) is 0 Å². The number of carbonyl (C=O) groups excluding carboxylic acids is 2. The largest absolute Gasteiger partial charge is 0.460 e. The van der Waals surface area contributed by atoms with E-state index >= 15 is 0 Å². The summed E-state index contributed by atoms with van der Waals surface area (Å²) >= 11 is 0. The molecule has 0 aromatic heterocycles. The molecule has 0 rings (SSSR count). The smallest absolute Gasteiger partial charge is 0.407 e. The molecule has 0 aromatic carbocycles. The Morgan fingerprint density at radius 1 is 1.57 bits per heavy atom. The molecule has 0 aromatic rings. The summed E-state index contributed by atoms with van der Waals surface area (Å²) in [6.45, 7) is 1.37. The van der Waals surface area contributed by atoms with Gasteiger partial charge in [-0.1, -0.05) is 6.42 Å². The minimum atomic E-state index is -2.22. The molecule has 0 aliphatic heterocycles. The van der Waals surface area contributed by atoms with Gasteiger partial charge in [-0.2, -0.15) is 0 Å². The molecule has 0 bridgehead atoms. The van der Waals surface area contributed by atoms with Crippen LogP contribution in [0.1, 0.15) is 6.92 Å². The Labute approximate surface area is 79.1 Å². The molecule has 0 radical (unpaired) electrons. The van der Waals surface area contributed by atoms with Gasteiger partial charge < -0.3 is 9.47 Å². The van der Waals surface area contributed by atoms with Crippen LogP contribution in [-0.2, 0) is 19.1 Å². The lowest BCUT2D eigenvalue weighted by Gasteiger charge is -2.04. The number of hydrogen-bond donors (Lipinski definition) is 0. The molecule has 0 fully saturated rings. The highest BCUT2D eigenvalue weighted by Gasteiger charge is 2.41. The van der Waals surface area contributed by atoms with Crippen LogP contribution >= 0.6 is 0 Å². The Morgan fingerprint density at radius 2 is 2.14 bits per heavy atom. The van der Waals surface area contributed by atoms with E-state index in [0.717, 1.165) is 0 Å². The van der Waals surface area contributed by atoms with E-state index in [9.17, 15) is 19.7 Å². The average molecular weight is 201 g/mol. The minimum absolute atomic E-state index is 0.0769. The number of rotatable bonds is 4. The maximum atomic E-state index is 10.9. The van der Waals surface area contributed by atoms with Crippen LogP contribution in [0.3, 0.4) is 0 Å². The van der Waals surface area contributed by atoms with E-state index in [1.54, 1.807) is 0 Å². The molecule has 1 unspecified atom stereocenters. The lowest BCUT2D eigenvalue weighted by atomic mass is 10.3. The van der Waals surface area contributed by atoms with E-state index in [2.05, 4.69) is 15.9 Å². The lowest BCUT2D eigenvalue weighted by Crippen LogP contribution is -2.39. The summed E-state index contributed by atoms with van der Waals surface area (Å²) in [7, 11) is 0. The second-order valence-corrected chi connectivity index (χ2v) is 1.98. The fraction of sp³-hybridized carbons (Fsp3) is 0.429. The molecule has 0 amide bonds. The second kappa shape index (κ2) is 5.53. The minimum Gasteiger partial charge on any atom is -0.460 e. The Kier molecular flexibility index (Phi) is 4.70. The highest BCUT2D eigenvalue weighted by Crippen LogP contribution is 1.97. The summed E-state index contributed by atoms with van der Waals surface area (Å²) in [5, 5.41) is 10.3. The summed E-state index contributed by atoms with van der Waals surface area (Å²) in [5.74, 6) is -2.73. The van der Waals surface area contributed by atoms with E-state index in [4.69, 9.17) is 0 Å². The van der Waals surface area contributed by atoms with Crippen LogP contribution < -0.4 is 0 Å². The second-order valence-electron chi connectivity index (χ2n) is 1.98. The predicted octanol–water partition coefficient (Wildman–Crippen LogP) is -0.671. The van der Waals surface area contributed by atoms with Crippen molar-refractivity contribution < 1.29 is 24.0 Å². The van der Waals surface area contributed by atoms with Crippen molar-refractivity contribution >= 4 is 11.9 Å². The van der Waals surface area contributed by atoms with Gasteiger partial charge in [-0.05, 0) is 6.92 Å². The van der Waals surface area contributed by atoms with Crippen molar-refractivity contribution in [2.45, 2.75) is 13.0 Å². The third kappa shape index (κ3) is 3.10. The molecule has 7 nitrogen and oxygen atoms in total. The molecular formula is C7H7NO6. The fourth-order valence-corrected chi connectivity index (χ4v) is 0.603. The zero-order valence-electron chi connectivity index (χ0n) is 7.26. The van der Waals surface area contributed by atoms with Crippen LogP contribution in [0, 0.1) is 22.6 Å². The van der Waals surface area contributed by atoms with Crippen molar-refractivity contribution in [3.8, 4) is 12.5 Å². The van der Waals surface area contributed by atoms with Crippen LogP contribution in [0.2, 0.25) is 0 Å². The lowest BCUT2D eigenvalue weighted by molar-refractivity contribution is -0.498. The molecule has 1 atom stereocenters. The first-order chi connectivity index (χ1) is 6.54. The quantitative estimate of drug-likeness (QED) is 0.197. The number of ether oxygens (including phenoxy) is 2. The van der Waals surface area contributed by atoms with Gasteiger partial charge in [0.2, 0.25) is 0 Å². The van der Waals surface area contributed by atoms with Gasteiger partial charge in [0, 0.05) is 4.92 Å². The molecule has 7 heteroatoms. The summed E-state index contributed by atoms with van der Waals surface area (Å²) in [6.07, 6.45) is 6.01. The van der Waals surface area contributed by atoms with E-state index in [0.29, 0.717) is 0 Å². The molecule has 0 aliphatic rings. The van der Waals surface area contributed by atoms with Crippen molar-refractivity contribution in [3.63, 3.8) is 0 Å². The van der Waals surface area contributed by atoms with E-state index in [1.807, 2.05) is 0 Å². The van der Waals surface area contributed by atoms with Crippen molar-refractivity contribution in [2.75, 3.05) is 6.61 Å². The Balaban J connectivity index is 4.61. The van der Waals surface area contributed by atoms with Gasteiger partial charge in [-0.3, -0.25) is 10.1 Å². The van der Waals surface area contributed by atoms with Gasteiger partial charge in [0.05, 0.1) is 6.61 Å². The summed E-state index contributed by atoms with van der Waals surface area (Å²) in [5.41, 5.74) is 0. The van der Waals surface area contributed by atoms with Crippen LogP contribution in [0.25, 0.3) is 0 Å². The Morgan fingerprint density at radius 3 is 2.50 bits per heavy atom. The Hall–Kier alpha value is -2.10. The monoisotopic (exact) mass is 201 g/mol. The molecule has 0 spiro atoms. The molecule has 76 valence electrons. The number of terminal acetylenes is 1. The van der Waals surface area contributed by atoms with Gasteiger partial charge in [0.25, 0.3) is 0 Å². The number of carbonyl (C=O) groups is 2. The van der Waals surface area contributed by atoms with Gasteiger partial charge in [0.15, 0.2) is 0 Å². The van der Waals surface area contributed by atoms with Crippen molar-refractivity contribution in [3.05, 3.63) is 10.1 Å². The predicted molar refractivity (Wildman–Crippen MR) is 42.3 cm³/mol. The number of nitro groups is 1. The van der Waals surface area contributed by atoms with Crippen LogP contribution in [-0.4, -0.2) is 29.5 Å². The summed E-state index contributed by atoms with van der Waals surface area (Å²) in [4.78, 5) is 30.8. The molecule has 0 saturated heterocycles. The van der Waals surface area contributed by atoms with Crippen molar-refractivity contribution in [1.82, 2.24) is 0 Å². The van der Waals surface area contributed by atoms with Crippen LogP contribution in [0.5, 0.6) is 0 Å². The average Bonchev–Trinajstić information content (AvgIpc) is 2.04. The van der Waals surface area contributed by atoms with Crippen LogP contribution in [0.4, 0.5) is 0 Å². The molecule has 0 N–H and O–H groups in total. The maximum Gasteiger partial charge on any atom is 0.407 e. The third-order valence-corrected chi connectivity index (χ3v) is 1.10. The van der Waals surface area contributed by atoms with Gasteiger partial charge in [-0.25, -0.2) is 9.59 Å². The SMILES string of the molecule is C#COC(=O)C(C(=O)OCC)[N+](=O)[O-]. The molecule has 0 saturated carbocycles. The Bertz CT molecular complexity index is 291. The number of esters is 2. The summed E-state index contributed by atoms with van der Waals surface area (Å²) in [6, 6.07) is -2.22. The fourth-order valence-electron chi connectivity index (χ4n) is 0.603. The van der Waals surface area contributed by atoms with Gasteiger partial charge >= 0.3 is 18.0 Å². The molecule has 0 aliphatic carbocycles. The van der Waals surface area contributed by atoms with E-state index in [-0.39, 0.29) is 6.61 Å². The third-order valence-electron chi connectivity index (χ3n) is 1.10. The van der Waals surface area contributed by atoms with Gasteiger partial charge in [0.1, 0.15) is 6.11 Å². The number of hydrogen-bond acceptors (Lipinski definition) is 6. The van der Waals surface area contributed by atoms with Crippen LogP contribution in [0.15, 0.2) is 0 Å². The highest BCUT2D eigenvalue weighted by molar-refractivity contribution is 5.97. The zero-order valence-corrected chi connectivity index (χ0v) is 7.26. The molecule has 0 heterocycles.